The number of nitro benzene ring substituents is 1. The molecule has 106 valence electrons. The van der Waals surface area contributed by atoms with Crippen LogP contribution < -0.4 is 11.3 Å². The van der Waals surface area contributed by atoms with E-state index in [-0.39, 0.29) is 22.3 Å². The number of nitrogens with two attached hydrogens (primary N) is 1. The van der Waals surface area contributed by atoms with Gasteiger partial charge in [0.1, 0.15) is 5.69 Å². The lowest BCUT2D eigenvalue weighted by molar-refractivity contribution is -0.384. The van der Waals surface area contributed by atoms with Crippen LogP contribution in [0.15, 0.2) is 23.1 Å². The molecule has 1 rings (SSSR count). The smallest absolute Gasteiger partial charge is 0.293 e. The van der Waals surface area contributed by atoms with Crippen molar-refractivity contribution in [2.45, 2.75) is 24.8 Å². The second kappa shape index (κ2) is 5.51. The Morgan fingerprint density at radius 3 is 2.42 bits per heavy atom. The van der Waals surface area contributed by atoms with Gasteiger partial charge in [-0.2, -0.15) is 4.31 Å². The highest BCUT2D eigenvalue weighted by Gasteiger charge is 2.25. The van der Waals surface area contributed by atoms with Crippen molar-refractivity contribution in [3.05, 3.63) is 28.3 Å². The van der Waals surface area contributed by atoms with E-state index in [2.05, 4.69) is 5.43 Å². The van der Waals surface area contributed by atoms with Gasteiger partial charge in [0, 0.05) is 19.2 Å². The van der Waals surface area contributed by atoms with Gasteiger partial charge in [0.25, 0.3) is 5.69 Å². The molecule has 0 saturated carbocycles. The number of rotatable bonds is 5. The fourth-order valence-electron chi connectivity index (χ4n) is 1.39. The molecule has 0 heterocycles. The molecule has 0 atom stereocenters. The summed E-state index contributed by atoms with van der Waals surface area (Å²) in [7, 11) is -2.26. The largest absolute Gasteiger partial charge is 0.318 e. The Bertz CT molecular complexity index is 585. The second-order valence-electron chi connectivity index (χ2n) is 4.20. The van der Waals surface area contributed by atoms with Crippen LogP contribution in [0.1, 0.15) is 13.8 Å². The molecule has 19 heavy (non-hydrogen) atoms. The summed E-state index contributed by atoms with van der Waals surface area (Å²) >= 11 is 0. The lowest BCUT2D eigenvalue weighted by Gasteiger charge is -2.21. The molecule has 9 heteroatoms. The average Bonchev–Trinajstić information content (AvgIpc) is 2.36. The number of nitrogen functional groups attached to an aromatic ring is 1. The molecule has 0 aliphatic rings. The number of hydrogen-bond donors (Lipinski definition) is 2. The van der Waals surface area contributed by atoms with Gasteiger partial charge in [-0.1, -0.05) is 0 Å². The number of hydrogen-bond acceptors (Lipinski definition) is 6. The van der Waals surface area contributed by atoms with Crippen molar-refractivity contribution < 1.29 is 13.3 Å². The lowest BCUT2D eigenvalue weighted by atomic mass is 10.3. The topological polar surface area (TPSA) is 119 Å². The molecule has 0 aromatic heterocycles. The minimum Gasteiger partial charge on any atom is -0.318 e. The van der Waals surface area contributed by atoms with E-state index in [1.165, 1.54) is 17.4 Å². The first kappa shape index (κ1) is 15.3. The van der Waals surface area contributed by atoms with Crippen LogP contribution >= 0.6 is 0 Å². The first-order chi connectivity index (χ1) is 8.71. The summed E-state index contributed by atoms with van der Waals surface area (Å²) in [6.45, 7) is 3.45. The lowest BCUT2D eigenvalue weighted by Crippen LogP contribution is -2.33. The van der Waals surface area contributed by atoms with E-state index < -0.39 is 14.9 Å². The Morgan fingerprint density at radius 2 is 2.00 bits per heavy atom. The summed E-state index contributed by atoms with van der Waals surface area (Å²) in [5, 5.41) is 10.7. The van der Waals surface area contributed by atoms with Gasteiger partial charge in [-0.3, -0.25) is 16.0 Å². The molecule has 0 aliphatic carbocycles. The summed E-state index contributed by atoms with van der Waals surface area (Å²) in [4.78, 5) is 10.0. The summed E-state index contributed by atoms with van der Waals surface area (Å²) in [5.41, 5.74) is 1.80. The number of anilines is 1. The maximum absolute atomic E-state index is 12.2. The second-order valence-corrected chi connectivity index (χ2v) is 6.19. The molecule has 0 amide bonds. The van der Waals surface area contributed by atoms with Crippen LogP contribution in [-0.2, 0) is 10.0 Å². The van der Waals surface area contributed by atoms with Crippen molar-refractivity contribution in [3.8, 4) is 0 Å². The van der Waals surface area contributed by atoms with Gasteiger partial charge in [0.2, 0.25) is 10.0 Å². The highest BCUT2D eigenvalue weighted by molar-refractivity contribution is 7.89. The van der Waals surface area contributed by atoms with Crippen molar-refractivity contribution in [1.82, 2.24) is 4.31 Å². The predicted octanol–water partition coefficient (Wildman–Crippen LogP) is 0.909. The summed E-state index contributed by atoms with van der Waals surface area (Å²) in [5.74, 6) is 5.17. The Labute approximate surface area is 111 Å². The zero-order chi connectivity index (χ0) is 14.8. The standard InChI is InChI=1S/C10H16N4O4S/c1-7(2)13(3)19(17,18)8-4-5-10(14(15)16)9(6-8)12-11/h4-7,12H,11H2,1-3H3. The monoisotopic (exact) mass is 288 g/mol. The van der Waals surface area contributed by atoms with E-state index in [4.69, 9.17) is 5.84 Å². The van der Waals surface area contributed by atoms with Crippen LogP contribution in [0.4, 0.5) is 11.4 Å². The third-order valence-corrected chi connectivity index (χ3v) is 4.75. The van der Waals surface area contributed by atoms with Crippen molar-refractivity contribution in [3.63, 3.8) is 0 Å². The van der Waals surface area contributed by atoms with Crippen LogP contribution in [0.5, 0.6) is 0 Å². The molecule has 0 aliphatic heterocycles. The normalized spacial score (nSPS) is 11.9. The molecule has 0 unspecified atom stereocenters. The van der Waals surface area contributed by atoms with Gasteiger partial charge in [0.05, 0.1) is 9.82 Å². The first-order valence-electron chi connectivity index (χ1n) is 5.45. The van der Waals surface area contributed by atoms with Gasteiger partial charge < -0.3 is 5.43 Å². The number of nitro groups is 1. The van der Waals surface area contributed by atoms with E-state index in [1.54, 1.807) is 13.8 Å². The highest BCUT2D eigenvalue weighted by Crippen LogP contribution is 2.28. The Balaban J connectivity index is 3.34. The SMILES string of the molecule is CC(C)N(C)S(=O)(=O)c1ccc([N+](=O)[O-])c(NN)c1. The predicted molar refractivity (Wildman–Crippen MR) is 71.0 cm³/mol. The van der Waals surface area contributed by atoms with Gasteiger partial charge in [-0.25, -0.2) is 8.42 Å². The van der Waals surface area contributed by atoms with Crippen molar-refractivity contribution in [2.75, 3.05) is 12.5 Å². The molecule has 3 N–H and O–H groups in total. The number of nitrogens with zero attached hydrogens (tertiary/aromatic N) is 2. The van der Waals surface area contributed by atoms with Crippen molar-refractivity contribution in [2.24, 2.45) is 5.84 Å². The van der Waals surface area contributed by atoms with Crippen LogP contribution in [-0.4, -0.2) is 30.7 Å². The molecule has 0 radical (unpaired) electrons. The number of sulfonamides is 1. The molecule has 0 spiro atoms. The van der Waals surface area contributed by atoms with Gasteiger partial charge in [-0.15, -0.1) is 0 Å². The number of nitrogens with one attached hydrogen (secondary N) is 1. The molecule has 0 fully saturated rings. The Hall–Kier alpha value is -1.71. The van der Waals surface area contributed by atoms with Crippen LogP contribution in [0.2, 0.25) is 0 Å². The number of hydrazine groups is 1. The fourth-order valence-corrected chi connectivity index (χ4v) is 2.79. The molecule has 1 aromatic rings. The van der Waals surface area contributed by atoms with E-state index in [0.29, 0.717) is 0 Å². The minimum absolute atomic E-state index is 0.0526. The van der Waals surface area contributed by atoms with Crippen molar-refractivity contribution in [1.29, 1.82) is 0 Å². The van der Waals surface area contributed by atoms with Crippen LogP contribution in [0.3, 0.4) is 0 Å². The third kappa shape index (κ3) is 3.00. The summed E-state index contributed by atoms with van der Waals surface area (Å²) in [6, 6.07) is 3.21. The minimum atomic E-state index is -3.70. The maximum atomic E-state index is 12.2. The highest BCUT2D eigenvalue weighted by atomic mass is 32.2. The van der Waals surface area contributed by atoms with Crippen molar-refractivity contribution >= 4 is 21.4 Å². The Morgan fingerprint density at radius 1 is 1.42 bits per heavy atom. The molecular formula is C10H16N4O4S. The maximum Gasteiger partial charge on any atom is 0.293 e. The molecule has 1 aromatic carbocycles. The molecule has 0 bridgehead atoms. The quantitative estimate of drug-likeness (QED) is 0.472. The van der Waals surface area contributed by atoms with E-state index in [1.807, 2.05) is 0 Å². The van der Waals surface area contributed by atoms with Gasteiger partial charge in [-0.05, 0) is 26.0 Å². The summed E-state index contributed by atoms with van der Waals surface area (Å²) in [6.07, 6.45) is 0. The zero-order valence-electron chi connectivity index (χ0n) is 10.8. The molecule has 8 nitrogen and oxygen atoms in total. The zero-order valence-corrected chi connectivity index (χ0v) is 11.6. The van der Waals surface area contributed by atoms with Gasteiger partial charge >= 0.3 is 0 Å². The molecular weight excluding hydrogens is 272 g/mol. The van der Waals surface area contributed by atoms with Gasteiger partial charge in [0.15, 0.2) is 0 Å². The average molecular weight is 288 g/mol. The van der Waals surface area contributed by atoms with Crippen LogP contribution in [0.25, 0.3) is 0 Å². The van der Waals surface area contributed by atoms with E-state index in [0.717, 1.165) is 12.1 Å². The fraction of sp³-hybridized carbons (Fsp3) is 0.400. The first-order valence-corrected chi connectivity index (χ1v) is 6.89. The third-order valence-electron chi connectivity index (χ3n) is 2.72. The number of benzene rings is 1. The van der Waals surface area contributed by atoms with E-state index >= 15 is 0 Å². The van der Waals surface area contributed by atoms with E-state index in [9.17, 15) is 18.5 Å². The Kier molecular flexibility index (Phi) is 4.45. The summed E-state index contributed by atoms with van der Waals surface area (Å²) < 4.78 is 25.6. The van der Waals surface area contributed by atoms with Crippen LogP contribution in [0, 0.1) is 10.1 Å². The molecule has 0 saturated heterocycles.